The molecule has 2 nitrogen and oxygen atoms in total. The van der Waals surface area contributed by atoms with Crippen molar-refractivity contribution in [2.75, 3.05) is 6.61 Å². The number of phenolic OH excluding ortho intramolecular Hbond substituents is 1. The summed E-state index contributed by atoms with van der Waals surface area (Å²) in [6.45, 7) is 2.52. The second-order valence-corrected chi connectivity index (χ2v) is 4.29. The van der Waals surface area contributed by atoms with Crippen molar-refractivity contribution in [2.45, 2.75) is 13.3 Å². The maximum atomic E-state index is 7.06. The fourth-order valence-electron chi connectivity index (χ4n) is 1.86. The summed E-state index contributed by atoms with van der Waals surface area (Å²) < 4.78 is 12.8. The topological polar surface area (TPSA) is 29.5 Å². The molecule has 0 unspecified atom stereocenters. The van der Waals surface area contributed by atoms with Crippen LogP contribution in [0.15, 0.2) is 54.6 Å². The van der Waals surface area contributed by atoms with Crippen LogP contribution in [0.1, 0.15) is 18.1 Å². The van der Waals surface area contributed by atoms with Crippen LogP contribution in [0.4, 0.5) is 0 Å². The molecule has 2 heteroatoms. The Balaban J connectivity index is 2.02. The van der Waals surface area contributed by atoms with Crippen LogP contribution >= 0.6 is 0 Å². The fraction of sp³-hybridized carbons (Fsp3) is 0.176. The van der Waals surface area contributed by atoms with Gasteiger partial charge in [0, 0.05) is 6.42 Å². The maximum absolute atomic E-state index is 7.06. The van der Waals surface area contributed by atoms with Gasteiger partial charge in [0.05, 0.1) is 6.61 Å². The lowest BCUT2D eigenvalue weighted by molar-refractivity contribution is 0.303. The number of benzene rings is 2. The maximum Gasteiger partial charge on any atom is 0.293 e. The molecule has 2 aromatic rings. The second kappa shape index (κ2) is 6.64. The van der Waals surface area contributed by atoms with Gasteiger partial charge in [-0.05, 0) is 30.2 Å². The number of aromatic hydroxyl groups is 1. The van der Waals surface area contributed by atoms with Gasteiger partial charge >= 0.3 is 0 Å². The van der Waals surface area contributed by atoms with Crippen LogP contribution in [0, 0.1) is 0 Å². The van der Waals surface area contributed by atoms with Gasteiger partial charge in [0.1, 0.15) is 0 Å². The van der Waals surface area contributed by atoms with Gasteiger partial charge in [0.2, 0.25) is 0 Å². The van der Waals surface area contributed by atoms with Crippen LogP contribution in [0.25, 0.3) is 6.08 Å². The molecule has 0 bridgehead atoms. The Labute approximate surface area is 115 Å². The molecule has 98 valence electrons. The van der Waals surface area contributed by atoms with E-state index in [0.29, 0.717) is 18.1 Å². The first-order valence-corrected chi connectivity index (χ1v) is 6.40. The average Bonchev–Trinajstić information content (AvgIpc) is 2.49. The van der Waals surface area contributed by atoms with Gasteiger partial charge in [-0.15, -0.1) is 0 Å². The molecule has 0 saturated heterocycles. The van der Waals surface area contributed by atoms with Crippen molar-refractivity contribution in [3.63, 3.8) is 0 Å². The van der Waals surface area contributed by atoms with Crippen molar-refractivity contribution in [2.24, 2.45) is 0 Å². The van der Waals surface area contributed by atoms with Crippen LogP contribution < -0.4 is 4.74 Å². The molecule has 0 aliphatic rings. The van der Waals surface area contributed by atoms with Gasteiger partial charge in [-0.3, -0.25) is 0 Å². The molecule has 2 aromatic carbocycles. The van der Waals surface area contributed by atoms with E-state index in [2.05, 4.69) is 17.2 Å². The Kier molecular flexibility index (Phi) is 4.14. The van der Waals surface area contributed by atoms with E-state index in [1.54, 1.807) is 6.07 Å². The summed E-state index contributed by atoms with van der Waals surface area (Å²) in [5.74, 6) is 1.04. The van der Waals surface area contributed by atoms with E-state index >= 15 is 0 Å². The van der Waals surface area contributed by atoms with Crippen molar-refractivity contribution in [1.82, 2.24) is 0 Å². The number of hydrogen-bond donors (Lipinski definition) is 1. The van der Waals surface area contributed by atoms with Crippen molar-refractivity contribution in [3.05, 3.63) is 65.7 Å². The van der Waals surface area contributed by atoms with Gasteiger partial charge in [-0.1, -0.05) is 48.6 Å². The van der Waals surface area contributed by atoms with E-state index < -0.39 is 0 Å². The first kappa shape index (κ1) is 11.8. The SMILES string of the molecule is [3H]Oc1ccc(C=CC)cc1OCCc1ccccc1. The zero-order valence-corrected chi connectivity index (χ0v) is 11.0. The van der Waals surface area contributed by atoms with E-state index in [4.69, 9.17) is 6.17 Å². The summed E-state index contributed by atoms with van der Waals surface area (Å²) in [6, 6.07) is 15.7. The summed E-state index contributed by atoms with van der Waals surface area (Å²) >= 11 is 0. The van der Waals surface area contributed by atoms with Crippen LogP contribution in [0.3, 0.4) is 0 Å². The molecule has 0 aliphatic heterocycles. The van der Waals surface area contributed by atoms with Crippen molar-refractivity contribution in [3.8, 4) is 11.5 Å². The summed E-state index contributed by atoms with van der Waals surface area (Å²) in [5.41, 5.74) is 2.26. The highest BCUT2D eigenvalue weighted by Crippen LogP contribution is 2.27. The first-order chi connectivity index (χ1) is 9.83. The molecular weight excluding hydrogens is 236 g/mol. The van der Waals surface area contributed by atoms with Gasteiger partial charge in [0.25, 0.3) is 1.43 Å². The van der Waals surface area contributed by atoms with Gasteiger partial charge in [0.15, 0.2) is 11.5 Å². The molecule has 2 rings (SSSR count). The summed E-state index contributed by atoms with van der Waals surface area (Å²) in [7, 11) is 0. The lowest BCUT2D eigenvalue weighted by atomic mass is 10.1. The zero-order valence-electron chi connectivity index (χ0n) is 12.0. The Morgan fingerprint density at radius 2 is 2.05 bits per heavy atom. The Morgan fingerprint density at radius 3 is 2.79 bits per heavy atom. The molecule has 0 heterocycles. The monoisotopic (exact) mass is 256 g/mol. The molecule has 0 fully saturated rings. The quantitative estimate of drug-likeness (QED) is 0.845. The highest BCUT2D eigenvalue weighted by atomic mass is 16.5. The zero-order chi connectivity index (χ0) is 14.2. The predicted octanol–water partition coefficient (Wildman–Crippen LogP) is 4.05. The molecule has 1 N–H and O–H groups in total. The molecule has 0 saturated carbocycles. The van der Waals surface area contributed by atoms with Crippen molar-refractivity contribution in [1.29, 1.82) is 1.43 Å². The number of allylic oxidation sites excluding steroid dienone is 1. The molecule has 19 heavy (non-hydrogen) atoms. The Hall–Kier alpha value is -2.22. The summed E-state index contributed by atoms with van der Waals surface area (Å²) in [4.78, 5) is 0. The minimum atomic E-state index is 0.436. The number of ether oxygens (including phenoxy) is 1. The van der Waals surface area contributed by atoms with E-state index in [0.717, 1.165) is 12.0 Å². The third kappa shape index (κ3) is 3.88. The number of phenols is 1. The van der Waals surface area contributed by atoms with E-state index in [1.165, 1.54) is 5.56 Å². The Bertz CT molecular complexity index is 564. The van der Waals surface area contributed by atoms with Crippen LogP contribution in [-0.4, -0.2) is 13.1 Å². The van der Waals surface area contributed by atoms with Crippen molar-refractivity contribution < 1.29 is 9.85 Å². The van der Waals surface area contributed by atoms with Crippen LogP contribution in [0.2, 0.25) is 0 Å². The summed E-state index contributed by atoms with van der Waals surface area (Å²) in [6.07, 6.45) is 4.77. The minimum absolute atomic E-state index is 0.436. The van der Waals surface area contributed by atoms with Crippen molar-refractivity contribution >= 4 is 6.08 Å². The van der Waals surface area contributed by atoms with E-state index in [9.17, 15) is 0 Å². The molecule has 0 amide bonds. The van der Waals surface area contributed by atoms with Crippen LogP contribution in [0.5, 0.6) is 11.5 Å². The normalized spacial score (nSPS) is 11.3. The minimum Gasteiger partial charge on any atom is -0.504 e. The van der Waals surface area contributed by atoms with E-state index in [-0.39, 0.29) is 0 Å². The molecule has 0 atom stereocenters. The fourth-order valence-corrected chi connectivity index (χ4v) is 1.86. The number of hydrogen-bond acceptors (Lipinski definition) is 2. The average molecular weight is 256 g/mol. The lowest BCUT2D eigenvalue weighted by Gasteiger charge is -2.09. The lowest BCUT2D eigenvalue weighted by Crippen LogP contribution is -2.01. The molecule has 0 spiro atoms. The standard InChI is InChI=1S/C17H18O2/c1-2-6-15-9-10-16(18)17(13-15)19-12-11-14-7-4-3-5-8-14/h2-10,13,18H,11-12H2,1H3/i/hT. The first-order valence-electron chi connectivity index (χ1n) is 6.81. The molecule has 0 radical (unpaired) electrons. The van der Waals surface area contributed by atoms with E-state index in [1.807, 2.05) is 49.4 Å². The predicted molar refractivity (Wildman–Crippen MR) is 78.5 cm³/mol. The molecular formula is C17H18O2. The van der Waals surface area contributed by atoms with Gasteiger partial charge in [-0.25, -0.2) is 0 Å². The second-order valence-electron chi connectivity index (χ2n) is 4.29. The highest BCUT2D eigenvalue weighted by molar-refractivity contribution is 5.55. The number of rotatable bonds is 6. The summed E-state index contributed by atoms with van der Waals surface area (Å²) in [5, 5.41) is 4.58. The Morgan fingerprint density at radius 1 is 1.21 bits per heavy atom. The van der Waals surface area contributed by atoms with Gasteiger partial charge in [-0.2, -0.15) is 0 Å². The van der Waals surface area contributed by atoms with Gasteiger partial charge < -0.3 is 9.85 Å². The molecule has 0 aliphatic carbocycles. The highest BCUT2D eigenvalue weighted by Gasteiger charge is 2.03. The molecule has 0 aromatic heterocycles. The smallest absolute Gasteiger partial charge is 0.293 e. The van der Waals surface area contributed by atoms with Crippen LogP contribution in [-0.2, 0) is 6.42 Å². The largest absolute Gasteiger partial charge is 0.504 e. The third-order valence-corrected chi connectivity index (χ3v) is 2.82. The third-order valence-electron chi connectivity index (χ3n) is 2.82.